The van der Waals surface area contributed by atoms with Gasteiger partial charge in [-0.15, -0.1) is 20.4 Å². The van der Waals surface area contributed by atoms with E-state index in [1.165, 1.54) is 0 Å². The van der Waals surface area contributed by atoms with Gasteiger partial charge >= 0.3 is 0 Å². The van der Waals surface area contributed by atoms with E-state index in [0.29, 0.717) is 11.8 Å². The molecule has 0 unspecified atom stereocenters. The van der Waals surface area contributed by atoms with Crippen LogP contribution in [0.1, 0.15) is 5.82 Å². The molecule has 1 aromatic rings. The van der Waals surface area contributed by atoms with Crippen LogP contribution < -0.4 is 0 Å². The van der Waals surface area contributed by atoms with Crippen molar-refractivity contribution in [3.63, 3.8) is 0 Å². The average Bonchev–Trinajstić information content (AvgIpc) is 1.93. The molecule has 0 N–H and O–H groups in total. The van der Waals surface area contributed by atoms with Crippen LogP contribution in [0.3, 0.4) is 0 Å². The second-order valence-electron chi connectivity index (χ2n) is 2.11. The minimum Gasteiger partial charge on any atom is -0.187 e. The third kappa shape index (κ3) is 2.67. The molecule has 60 valence electrons. The molecule has 1 rings (SSSR count). The molecule has 1 heterocycles. The quantitative estimate of drug-likeness (QED) is 0.608. The molecule has 11 heavy (non-hydrogen) atoms. The molecule has 0 atom stereocenters. The Labute approximate surface area is 67.4 Å². The van der Waals surface area contributed by atoms with Crippen LogP contribution in [0.5, 0.6) is 0 Å². The zero-order valence-electron chi connectivity index (χ0n) is 6.64. The molecule has 0 aliphatic rings. The highest BCUT2D eigenvalue weighted by Gasteiger charge is 1.93. The van der Waals surface area contributed by atoms with Gasteiger partial charge in [-0.3, -0.25) is 0 Å². The molecule has 0 aromatic carbocycles. The van der Waals surface area contributed by atoms with Crippen molar-refractivity contribution in [2.45, 2.75) is 6.92 Å². The van der Waals surface area contributed by atoms with Gasteiger partial charge in [-0.2, -0.15) is 4.36 Å². The minimum absolute atomic E-state index is 0.0532. The van der Waals surface area contributed by atoms with E-state index in [0.717, 1.165) is 0 Å². The van der Waals surface area contributed by atoms with Crippen LogP contribution >= 0.6 is 0 Å². The van der Waals surface area contributed by atoms with Crippen LogP contribution in [-0.4, -0.2) is 32.9 Å². The van der Waals surface area contributed by atoms with Crippen molar-refractivity contribution in [3.8, 4) is 0 Å². The zero-order valence-corrected chi connectivity index (χ0v) is 7.46. The number of aromatic nitrogens is 4. The molecule has 0 spiro atoms. The van der Waals surface area contributed by atoms with Crippen molar-refractivity contribution in [1.82, 2.24) is 20.4 Å². The highest BCUT2D eigenvalue weighted by molar-refractivity contribution is 7.85. The Morgan fingerprint density at radius 1 is 1.09 bits per heavy atom. The van der Waals surface area contributed by atoms with Crippen LogP contribution in [-0.2, 0) is 10.7 Å². The maximum Gasteiger partial charge on any atom is 0.293 e. The summed E-state index contributed by atoms with van der Waals surface area (Å²) in [5.41, 5.74) is 0. The summed E-state index contributed by atoms with van der Waals surface area (Å²) >= 11 is 0. The predicted octanol–water partition coefficient (Wildman–Crippen LogP) is 0.268. The Kier molecular flexibility index (Phi) is 2.58. The lowest BCUT2D eigenvalue weighted by Crippen LogP contribution is -1.94. The first-order valence-corrected chi connectivity index (χ1v) is 5.02. The number of nitrogens with zero attached hydrogens (tertiary/aromatic N) is 5. The fourth-order valence-corrected chi connectivity index (χ4v) is 0.874. The van der Waals surface area contributed by atoms with E-state index in [2.05, 4.69) is 24.8 Å². The second-order valence-corrected chi connectivity index (χ2v) is 3.84. The van der Waals surface area contributed by atoms with E-state index in [1.54, 1.807) is 6.92 Å². The second kappa shape index (κ2) is 3.47. The van der Waals surface area contributed by atoms with E-state index >= 15 is 0 Å². The highest BCUT2D eigenvalue weighted by atomic mass is 32.2. The van der Waals surface area contributed by atoms with Gasteiger partial charge in [-0.05, 0) is 19.4 Å². The van der Waals surface area contributed by atoms with Gasteiger partial charge in [-0.25, -0.2) is 0 Å². The molecule has 0 amide bonds. The van der Waals surface area contributed by atoms with Crippen LogP contribution in [0.4, 0.5) is 5.95 Å². The Morgan fingerprint density at radius 2 is 1.64 bits per heavy atom. The first kappa shape index (κ1) is 8.19. The monoisotopic (exact) mass is 171 g/mol. The molecule has 0 radical (unpaired) electrons. The summed E-state index contributed by atoms with van der Waals surface area (Å²) in [7, 11) is -0.0532. The van der Waals surface area contributed by atoms with Crippen LogP contribution in [0.25, 0.3) is 0 Å². The fraction of sp³-hybridized carbons (Fsp3) is 0.600. The minimum atomic E-state index is -0.0532. The fourth-order valence-electron chi connectivity index (χ4n) is 0.474. The molecule has 0 saturated heterocycles. The molecule has 0 bridgehead atoms. The van der Waals surface area contributed by atoms with Crippen molar-refractivity contribution in [2.75, 3.05) is 12.5 Å². The van der Waals surface area contributed by atoms with E-state index in [1.807, 2.05) is 12.5 Å². The lowest BCUT2D eigenvalue weighted by atomic mass is 10.8. The van der Waals surface area contributed by atoms with Gasteiger partial charge in [0.1, 0.15) is 0 Å². The standard InChI is InChI=1S/C5H9N5S/c1-4-6-8-5(9-7-4)10-11(2)3/h1-3H3. The molecule has 0 fully saturated rings. The molecule has 0 aliphatic carbocycles. The summed E-state index contributed by atoms with van der Waals surface area (Å²) < 4.78 is 4.08. The van der Waals surface area contributed by atoms with Crippen LogP contribution in [0.15, 0.2) is 4.36 Å². The Morgan fingerprint density at radius 3 is 2.09 bits per heavy atom. The molecule has 1 aromatic heterocycles. The SMILES string of the molecule is Cc1nnc(N=S(C)C)nn1. The van der Waals surface area contributed by atoms with E-state index in [9.17, 15) is 0 Å². The number of aryl methyl sites for hydroxylation is 1. The summed E-state index contributed by atoms with van der Waals surface area (Å²) in [5, 5.41) is 14.9. The van der Waals surface area contributed by atoms with Gasteiger partial charge in [0, 0.05) is 0 Å². The summed E-state index contributed by atoms with van der Waals surface area (Å²) in [5.74, 6) is 0.931. The maximum atomic E-state index is 4.08. The maximum absolute atomic E-state index is 4.08. The largest absolute Gasteiger partial charge is 0.293 e. The smallest absolute Gasteiger partial charge is 0.187 e. The number of hydrogen-bond acceptors (Lipinski definition) is 5. The summed E-state index contributed by atoms with van der Waals surface area (Å²) in [6, 6.07) is 0. The lowest BCUT2D eigenvalue weighted by Gasteiger charge is -1.90. The zero-order chi connectivity index (χ0) is 8.27. The van der Waals surface area contributed by atoms with E-state index in [4.69, 9.17) is 0 Å². The molecule has 0 saturated carbocycles. The summed E-state index contributed by atoms with van der Waals surface area (Å²) in [6.45, 7) is 1.74. The number of rotatable bonds is 1. The van der Waals surface area contributed by atoms with E-state index < -0.39 is 0 Å². The molecule has 6 heteroatoms. The van der Waals surface area contributed by atoms with Crippen molar-refractivity contribution < 1.29 is 0 Å². The summed E-state index contributed by atoms with van der Waals surface area (Å²) in [4.78, 5) is 0. The number of hydrogen-bond donors (Lipinski definition) is 0. The van der Waals surface area contributed by atoms with Gasteiger partial charge in [0.05, 0.1) is 0 Å². The first-order valence-electron chi connectivity index (χ1n) is 3.02. The Bertz CT molecular complexity index is 263. The van der Waals surface area contributed by atoms with Gasteiger partial charge in [0.15, 0.2) is 5.82 Å². The third-order valence-corrected chi connectivity index (χ3v) is 1.36. The first-order chi connectivity index (χ1) is 5.18. The molecular formula is C5H9N5S. The average molecular weight is 171 g/mol. The highest BCUT2D eigenvalue weighted by Crippen LogP contribution is 1.98. The van der Waals surface area contributed by atoms with Crippen LogP contribution in [0, 0.1) is 6.92 Å². The van der Waals surface area contributed by atoms with Crippen LogP contribution in [0.2, 0.25) is 0 Å². The van der Waals surface area contributed by atoms with Crippen molar-refractivity contribution in [1.29, 1.82) is 0 Å². The molecule has 5 nitrogen and oxygen atoms in total. The van der Waals surface area contributed by atoms with Gasteiger partial charge < -0.3 is 0 Å². The van der Waals surface area contributed by atoms with Gasteiger partial charge in [0.25, 0.3) is 5.95 Å². The topological polar surface area (TPSA) is 63.9 Å². The predicted molar refractivity (Wildman–Crippen MR) is 43.7 cm³/mol. The van der Waals surface area contributed by atoms with Crippen molar-refractivity contribution in [3.05, 3.63) is 5.82 Å². The van der Waals surface area contributed by atoms with E-state index in [-0.39, 0.29) is 10.7 Å². The summed E-state index contributed by atoms with van der Waals surface area (Å²) in [6.07, 6.45) is 3.95. The Balaban J connectivity index is 2.91. The normalized spacial score (nSPS) is 10.2. The lowest BCUT2D eigenvalue weighted by molar-refractivity contribution is 0.810. The van der Waals surface area contributed by atoms with Crippen molar-refractivity contribution >= 4 is 16.6 Å². The molecule has 0 aliphatic heterocycles. The Hall–Kier alpha value is -0.910. The van der Waals surface area contributed by atoms with Gasteiger partial charge in [0.2, 0.25) is 0 Å². The van der Waals surface area contributed by atoms with Gasteiger partial charge in [-0.1, -0.05) is 10.7 Å². The van der Waals surface area contributed by atoms with Crippen molar-refractivity contribution in [2.24, 2.45) is 4.36 Å². The molecular weight excluding hydrogens is 162 g/mol. The third-order valence-electron chi connectivity index (χ3n) is 0.833.